The number of aromatic nitrogens is 2. The van der Waals surface area contributed by atoms with Crippen LogP contribution in [0.25, 0.3) is 11.3 Å². The van der Waals surface area contributed by atoms with E-state index in [9.17, 15) is 4.79 Å². The largest absolute Gasteiger partial charge is 0.475 e. The molecule has 0 spiro atoms. The lowest BCUT2D eigenvalue weighted by Gasteiger charge is -2.15. The van der Waals surface area contributed by atoms with E-state index in [4.69, 9.17) is 4.74 Å². The molecule has 27 heavy (non-hydrogen) atoms. The molecule has 5 heteroatoms. The molecular formula is C22H23N3O2. The molecule has 138 valence electrons. The fourth-order valence-electron chi connectivity index (χ4n) is 2.87. The van der Waals surface area contributed by atoms with Gasteiger partial charge >= 0.3 is 0 Å². The summed E-state index contributed by atoms with van der Waals surface area (Å²) in [7, 11) is 0. The van der Waals surface area contributed by atoms with Crippen molar-refractivity contribution in [3.63, 3.8) is 0 Å². The molecule has 0 radical (unpaired) electrons. The van der Waals surface area contributed by atoms with Crippen LogP contribution in [-0.2, 0) is 4.79 Å². The molecule has 0 aliphatic heterocycles. The predicted molar refractivity (Wildman–Crippen MR) is 105 cm³/mol. The van der Waals surface area contributed by atoms with Crippen molar-refractivity contribution < 1.29 is 9.53 Å². The van der Waals surface area contributed by atoms with Gasteiger partial charge in [-0.3, -0.25) is 4.79 Å². The molecule has 3 rings (SSSR count). The number of hydrogen-bond acceptors (Lipinski definition) is 4. The number of nitrogens with zero attached hydrogens (tertiary/aromatic N) is 2. The summed E-state index contributed by atoms with van der Waals surface area (Å²) in [6, 6.07) is 23.3. The van der Waals surface area contributed by atoms with E-state index >= 15 is 0 Å². The van der Waals surface area contributed by atoms with Gasteiger partial charge in [-0.1, -0.05) is 67.6 Å². The first-order valence-electron chi connectivity index (χ1n) is 9.12. The number of ether oxygens (including phenoxy) is 1. The fraction of sp³-hybridized carbons (Fsp3) is 0.227. The van der Waals surface area contributed by atoms with Crippen molar-refractivity contribution in [1.82, 2.24) is 15.5 Å². The van der Waals surface area contributed by atoms with Crippen LogP contribution in [0.2, 0.25) is 0 Å². The summed E-state index contributed by atoms with van der Waals surface area (Å²) in [6.07, 6.45) is 0.753. The smallest absolute Gasteiger partial charge is 0.233 e. The average Bonchev–Trinajstić information content (AvgIpc) is 2.74. The molecule has 1 unspecified atom stereocenters. The van der Waals surface area contributed by atoms with Crippen LogP contribution >= 0.6 is 0 Å². The lowest BCUT2D eigenvalue weighted by Crippen LogP contribution is -2.32. The second-order valence-electron chi connectivity index (χ2n) is 6.13. The zero-order valence-corrected chi connectivity index (χ0v) is 15.3. The molecule has 0 aliphatic rings. The quantitative estimate of drug-likeness (QED) is 0.619. The van der Waals surface area contributed by atoms with Crippen LogP contribution in [-0.4, -0.2) is 29.3 Å². The van der Waals surface area contributed by atoms with Gasteiger partial charge in [0.25, 0.3) is 0 Å². The van der Waals surface area contributed by atoms with E-state index in [0.717, 1.165) is 23.2 Å². The van der Waals surface area contributed by atoms with Crippen molar-refractivity contribution in [1.29, 1.82) is 0 Å². The van der Waals surface area contributed by atoms with Gasteiger partial charge < -0.3 is 10.1 Å². The Balaban J connectivity index is 1.46. The maximum absolute atomic E-state index is 12.4. The summed E-state index contributed by atoms with van der Waals surface area (Å²) < 4.78 is 5.58. The zero-order chi connectivity index (χ0) is 18.9. The van der Waals surface area contributed by atoms with Gasteiger partial charge in [-0.2, -0.15) is 0 Å². The minimum Gasteiger partial charge on any atom is -0.475 e. The highest BCUT2D eigenvalue weighted by Gasteiger charge is 2.17. The minimum absolute atomic E-state index is 0.0119. The Morgan fingerprint density at radius 3 is 2.30 bits per heavy atom. The van der Waals surface area contributed by atoms with Gasteiger partial charge in [0.2, 0.25) is 11.8 Å². The fourth-order valence-corrected chi connectivity index (χ4v) is 2.87. The van der Waals surface area contributed by atoms with Gasteiger partial charge in [0.15, 0.2) is 0 Å². The van der Waals surface area contributed by atoms with E-state index in [-0.39, 0.29) is 11.8 Å². The molecule has 2 aromatic carbocycles. The van der Waals surface area contributed by atoms with Gasteiger partial charge in [-0.25, -0.2) is 0 Å². The number of amides is 1. The van der Waals surface area contributed by atoms with Crippen LogP contribution in [0.3, 0.4) is 0 Å². The number of hydrogen-bond donors (Lipinski definition) is 1. The molecule has 5 nitrogen and oxygen atoms in total. The Kier molecular flexibility index (Phi) is 6.52. The predicted octanol–water partition coefficient (Wildman–Crippen LogP) is 3.83. The molecule has 1 N–H and O–H groups in total. The third-order valence-electron chi connectivity index (χ3n) is 4.29. The van der Waals surface area contributed by atoms with Gasteiger partial charge in [0.05, 0.1) is 18.2 Å². The molecule has 1 heterocycles. The zero-order valence-electron chi connectivity index (χ0n) is 15.3. The molecule has 1 atom stereocenters. The van der Waals surface area contributed by atoms with Crippen LogP contribution in [0.1, 0.15) is 24.8 Å². The van der Waals surface area contributed by atoms with Crippen LogP contribution in [0, 0.1) is 0 Å². The minimum atomic E-state index is -0.142. The molecule has 1 aromatic heterocycles. The third-order valence-corrected chi connectivity index (χ3v) is 4.29. The van der Waals surface area contributed by atoms with Crippen molar-refractivity contribution in [2.24, 2.45) is 0 Å². The third kappa shape index (κ3) is 5.14. The van der Waals surface area contributed by atoms with Gasteiger partial charge in [0, 0.05) is 11.6 Å². The number of carbonyl (C=O) groups excluding carboxylic acids is 1. The van der Waals surface area contributed by atoms with Crippen LogP contribution < -0.4 is 10.1 Å². The van der Waals surface area contributed by atoms with Gasteiger partial charge in [0.1, 0.15) is 6.61 Å². The van der Waals surface area contributed by atoms with Crippen molar-refractivity contribution >= 4 is 5.91 Å². The average molecular weight is 361 g/mol. The molecular weight excluding hydrogens is 338 g/mol. The van der Waals surface area contributed by atoms with Gasteiger partial charge in [-0.15, -0.1) is 10.2 Å². The first-order chi connectivity index (χ1) is 13.3. The molecule has 0 fully saturated rings. The molecule has 0 saturated heterocycles. The molecule has 3 aromatic rings. The molecule has 0 aliphatic carbocycles. The maximum atomic E-state index is 12.4. The first kappa shape index (κ1) is 18.6. The van der Waals surface area contributed by atoms with Crippen molar-refractivity contribution in [2.45, 2.75) is 19.3 Å². The SMILES string of the molecule is CCC(C(=O)NCCOc1ccc(-c2ccccc2)nn1)c1ccccc1. The number of benzene rings is 2. The van der Waals surface area contributed by atoms with E-state index in [1.54, 1.807) is 6.07 Å². The second kappa shape index (κ2) is 9.48. The van der Waals surface area contributed by atoms with Crippen molar-refractivity contribution in [3.8, 4) is 17.1 Å². The highest BCUT2D eigenvalue weighted by Crippen LogP contribution is 2.19. The monoisotopic (exact) mass is 361 g/mol. The number of rotatable bonds is 8. The summed E-state index contributed by atoms with van der Waals surface area (Å²) >= 11 is 0. The van der Waals surface area contributed by atoms with Crippen LogP contribution in [0.4, 0.5) is 0 Å². The van der Waals surface area contributed by atoms with E-state index in [2.05, 4.69) is 15.5 Å². The first-order valence-corrected chi connectivity index (χ1v) is 9.12. The van der Waals surface area contributed by atoms with E-state index in [1.165, 1.54) is 0 Å². The van der Waals surface area contributed by atoms with E-state index < -0.39 is 0 Å². The lowest BCUT2D eigenvalue weighted by molar-refractivity contribution is -0.122. The summed E-state index contributed by atoms with van der Waals surface area (Å²) in [5.41, 5.74) is 2.83. The number of nitrogens with one attached hydrogen (secondary N) is 1. The van der Waals surface area contributed by atoms with E-state index in [0.29, 0.717) is 19.0 Å². The molecule has 0 bridgehead atoms. The Morgan fingerprint density at radius 2 is 1.67 bits per heavy atom. The standard InChI is InChI=1S/C22H23N3O2/c1-2-19(17-9-5-3-6-10-17)22(26)23-15-16-27-21-14-13-20(24-25-21)18-11-7-4-8-12-18/h3-14,19H,2,15-16H2,1H3,(H,23,26). The van der Waals surface area contributed by atoms with Crippen LogP contribution in [0.15, 0.2) is 72.8 Å². The van der Waals surface area contributed by atoms with Crippen molar-refractivity contribution in [2.75, 3.05) is 13.2 Å². The summed E-state index contributed by atoms with van der Waals surface area (Å²) in [6.45, 7) is 2.78. The Morgan fingerprint density at radius 1 is 0.963 bits per heavy atom. The normalized spacial score (nSPS) is 11.6. The molecule has 1 amide bonds. The maximum Gasteiger partial charge on any atom is 0.233 e. The number of carbonyl (C=O) groups is 1. The highest BCUT2D eigenvalue weighted by molar-refractivity contribution is 5.83. The summed E-state index contributed by atoms with van der Waals surface area (Å²) in [4.78, 5) is 12.4. The second-order valence-corrected chi connectivity index (χ2v) is 6.13. The Bertz CT molecular complexity index is 836. The Labute approximate surface area is 159 Å². The van der Waals surface area contributed by atoms with E-state index in [1.807, 2.05) is 73.7 Å². The highest BCUT2D eigenvalue weighted by atomic mass is 16.5. The lowest BCUT2D eigenvalue weighted by atomic mass is 9.96. The van der Waals surface area contributed by atoms with Gasteiger partial charge in [-0.05, 0) is 18.1 Å². The van der Waals surface area contributed by atoms with Crippen molar-refractivity contribution in [3.05, 3.63) is 78.4 Å². The molecule has 0 saturated carbocycles. The summed E-state index contributed by atoms with van der Waals surface area (Å²) in [5, 5.41) is 11.2. The topological polar surface area (TPSA) is 64.1 Å². The summed E-state index contributed by atoms with van der Waals surface area (Å²) in [5.74, 6) is 0.313. The van der Waals surface area contributed by atoms with Crippen LogP contribution in [0.5, 0.6) is 5.88 Å². The Hall–Kier alpha value is -3.21.